The first kappa shape index (κ1) is 15.5. The van der Waals surface area contributed by atoms with Crippen LogP contribution in [0.1, 0.15) is 6.92 Å². The molecule has 0 spiro atoms. The van der Waals surface area contributed by atoms with Gasteiger partial charge in [-0.3, -0.25) is 4.99 Å². The van der Waals surface area contributed by atoms with Crippen molar-refractivity contribution < 1.29 is 4.74 Å². The van der Waals surface area contributed by atoms with Gasteiger partial charge >= 0.3 is 0 Å². The molecule has 3 nitrogen and oxygen atoms in total. The van der Waals surface area contributed by atoms with Gasteiger partial charge in [-0.1, -0.05) is 30.3 Å². The number of ether oxygens (including phenoxy) is 1. The fourth-order valence-electron chi connectivity index (χ4n) is 3.42. The van der Waals surface area contributed by atoms with Crippen molar-refractivity contribution in [1.82, 2.24) is 4.57 Å². The Kier molecular flexibility index (Phi) is 3.98. The second-order valence-corrected chi connectivity index (χ2v) is 5.95. The summed E-state index contributed by atoms with van der Waals surface area (Å²) in [5.74, 6) is 0.840. The zero-order valence-electron chi connectivity index (χ0n) is 14.4. The normalized spacial score (nSPS) is 12.6. The van der Waals surface area contributed by atoms with Gasteiger partial charge in [0.2, 0.25) is 0 Å². The Hall–Kier alpha value is -3.07. The van der Waals surface area contributed by atoms with Crippen LogP contribution < -0.4 is 10.1 Å². The van der Waals surface area contributed by atoms with Crippen molar-refractivity contribution in [3.05, 3.63) is 66.0 Å². The molecule has 0 aliphatic heterocycles. The number of methoxy groups -OCH3 is 1. The highest BCUT2D eigenvalue weighted by Gasteiger charge is 2.09. The summed E-state index contributed by atoms with van der Waals surface area (Å²) < 4.78 is 7.53. The van der Waals surface area contributed by atoms with E-state index in [1.165, 1.54) is 27.0 Å². The molecule has 0 N–H and O–H groups in total. The van der Waals surface area contributed by atoms with E-state index in [9.17, 15) is 0 Å². The average Bonchev–Trinajstić information content (AvgIpc) is 2.97. The number of benzene rings is 3. The van der Waals surface area contributed by atoms with Crippen LogP contribution in [0, 0.1) is 0 Å². The van der Waals surface area contributed by atoms with Crippen molar-refractivity contribution in [3.63, 3.8) is 0 Å². The Balaban J connectivity index is 1.83. The molecule has 1 heterocycles. The van der Waals surface area contributed by atoms with Gasteiger partial charge in [-0.25, -0.2) is 0 Å². The summed E-state index contributed by atoms with van der Waals surface area (Å²) in [6.45, 7) is 3.11. The van der Waals surface area contributed by atoms with E-state index in [0.29, 0.717) is 0 Å². The third kappa shape index (κ3) is 2.68. The van der Waals surface area contributed by atoms with Gasteiger partial charge in [0, 0.05) is 29.0 Å². The minimum absolute atomic E-state index is 0.840. The molecule has 3 heteroatoms. The summed E-state index contributed by atoms with van der Waals surface area (Å²) in [7, 11) is 1.67. The van der Waals surface area contributed by atoms with E-state index < -0.39 is 0 Å². The lowest BCUT2D eigenvalue weighted by Gasteiger charge is -2.01. The Morgan fingerprint density at radius 2 is 1.76 bits per heavy atom. The van der Waals surface area contributed by atoms with Crippen molar-refractivity contribution in [3.8, 4) is 5.75 Å². The summed E-state index contributed by atoms with van der Waals surface area (Å²) in [5, 5.41) is 5.09. The van der Waals surface area contributed by atoms with Crippen LogP contribution >= 0.6 is 0 Å². The molecular formula is C22H20N2O. The molecule has 0 bridgehead atoms. The van der Waals surface area contributed by atoms with Crippen molar-refractivity contribution in [2.45, 2.75) is 13.5 Å². The van der Waals surface area contributed by atoms with Crippen molar-refractivity contribution in [1.29, 1.82) is 0 Å². The van der Waals surface area contributed by atoms with Crippen LogP contribution in [0.3, 0.4) is 0 Å². The first-order valence-electron chi connectivity index (χ1n) is 8.50. The molecule has 0 radical (unpaired) electrons. The lowest BCUT2D eigenvalue weighted by molar-refractivity contribution is 0.415. The monoisotopic (exact) mass is 328 g/mol. The molecule has 0 unspecified atom stereocenters. The topological polar surface area (TPSA) is 26.5 Å². The minimum Gasteiger partial charge on any atom is -0.497 e. The van der Waals surface area contributed by atoms with Gasteiger partial charge in [-0.2, -0.15) is 0 Å². The number of aliphatic imine (C=N–C) groups is 1. The van der Waals surface area contributed by atoms with Crippen LogP contribution in [-0.2, 0) is 6.54 Å². The number of aromatic nitrogens is 1. The lowest BCUT2D eigenvalue weighted by Crippen LogP contribution is -2.15. The van der Waals surface area contributed by atoms with Crippen LogP contribution in [-0.4, -0.2) is 17.9 Å². The molecular weight excluding hydrogens is 308 g/mol. The molecule has 0 saturated heterocycles. The number of hydrogen-bond donors (Lipinski definition) is 0. The van der Waals surface area contributed by atoms with Gasteiger partial charge in [0.1, 0.15) is 5.75 Å². The Morgan fingerprint density at radius 1 is 1.00 bits per heavy atom. The predicted molar refractivity (Wildman–Crippen MR) is 106 cm³/mol. The van der Waals surface area contributed by atoms with Crippen LogP contribution in [0.15, 0.2) is 65.7 Å². The lowest BCUT2D eigenvalue weighted by atomic mass is 10.1. The second kappa shape index (κ2) is 6.44. The van der Waals surface area contributed by atoms with Gasteiger partial charge in [-0.05, 0) is 48.7 Å². The molecule has 124 valence electrons. The van der Waals surface area contributed by atoms with E-state index in [0.717, 1.165) is 18.0 Å². The van der Waals surface area contributed by atoms with Crippen LogP contribution in [0.2, 0.25) is 0 Å². The minimum atomic E-state index is 0.840. The van der Waals surface area contributed by atoms with E-state index in [-0.39, 0.29) is 0 Å². The molecule has 0 aliphatic carbocycles. The highest BCUT2D eigenvalue weighted by molar-refractivity contribution is 6.11. The zero-order chi connectivity index (χ0) is 17.2. The Bertz CT molecular complexity index is 1100. The van der Waals surface area contributed by atoms with Crippen molar-refractivity contribution >= 4 is 39.7 Å². The average molecular weight is 328 g/mol. The summed E-state index contributed by atoms with van der Waals surface area (Å²) in [6, 6.07) is 20.7. The van der Waals surface area contributed by atoms with Crippen LogP contribution in [0.5, 0.6) is 5.75 Å². The van der Waals surface area contributed by atoms with Crippen molar-refractivity contribution in [2.75, 3.05) is 7.11 Å². The van der Waals surface area contributed by atoms with E-state index in [2.05, 4.69) is 59.0 Å². The maximum Gasteiger partial charge on any atom is 0.119 e. The van der Waals surface area contributed by atoms with Gasteiger partial charge < -0.3 is 9.30 Å². The van der Waals surface area contributed by atoms with Crippen LogP contribution in [0.25, 0.3) is 27.8 Å². The molecule has 3 aromatic carbocycles. The van der Waals surface area contributed by atoms with E-state index in [4.69, 9.17) is 4.74 Å². The standard InChI is InChI=1S/C22H20N2O/c1-3-24-20(14-15-23-17-10-12-18(25-2)13-11-17)19-8-4-6-16-7-5-9-21(24)22(16)19/h4-15H,3H2,1-2H3/b20-14-,23-15?. The third-order valence-electron chi connectivity index (χ3n) is 4.58. The summed E-state index contributed by atoms with van der Waals surface area (Å²) >= 11 is 0. The SMILES string of the molecule is CCn1/c(=C\C=Nc2ccc(OC)cc2)c2cccc3cccc1c32. The van der Waals surface area contributed by atoms with Gasteiger partial charge in [0.05, 0.1) is 18.1 Å². The highest BCUT2D eigenvalue weighted by atomic mass is 16.5. The quantitative estimate of drug-likeness (QED) is 0.498. The molecule has 0 aliphatic rings. The number of hydrogen-bond acceptors (Lipinski definition) is 2. The van der Waals surface area contributed by atoms with E-state index in [1.54, 1.807) is 7.11 Å². The molecule has 0 fully saturated rings. The number of nitrogens with zero attached hydrogens (tertiary/aromatic N) is 2. The zero-order valence-corrected chi connectivity index (χ0v) is 14.4. The van der Waals surface area contributed by atoms with Crippen molar-refractivity contribution in [2.24, 2.45) is 4.99 Å². The molecule has 0 atom stereocenters. The molecule has 4 aromatic rings. The maximum absolute atomic E-state index is 5.18. The fourth-order valence-corrected chi connectivity index (χ4v) is 3.42. The fraction of sp³-hybridized carbons (Fsp3) is 0.136. The van der Waals surface area contributed by atoms with Crippen LogP contribution in [0.4, 0.5) is 5.69 Å². The molecule has 0 amide bonds. The summed E-state index contributed by atoms with van der Waals surface area (Å²) in [6.07, 6.45) is 3.98. The predicted octanol–water partition coefficient (Wildman–Crippen LogP) is 4.72. The Labute approximate surface area is 146 Å². The molecule has 0 saturated carbocycles. The summed E-state index contributed by atoms with van der Waals surface area (Å²) in [5.41, 5.74) is 2.19. The third-order valence-corrected chi connectivity index (χ3v) is 4.58. The molecule has 25 heavy (non-hydrogen) atoms. The van der Waals surface area contributed by atoms with Gasteiger partial charge in [-0.15, -0.1) is 0 Å². The van der Waals surface area contributed by atoms with E-state index in [1.807, 2.05) is 30.5 Å². The van der Waals surface area contributed by atoms with E-state index >= 15 is 0 Å². The second-order valence-electron chi connectivity index (χ2n) is 5.95. The molecule has 1 aromatic heterocycles. The summed E-state index contributed by atoms with van der Waals surface area (Å²) in [4.78, 5) is 4.56. The first-order chi connectivity index (χ1) is 12.3. The largest absolute Gasteiger partial charge is 0.497 e. The smallest absolute Gasteiger partial charge is 0.119 e. The van der Waals surface area contributed by atoms with Gasteiger partial charge in [0.15, 0.2) is 0 Å². The Morgan fingerprint density at radius 3 is 2.48 bits per heavy atom. The number of rotatable bonds is 4. The highest BCUT2D eigenvalue weighted by Crippen LogP contribution is 2.25. The number of aryl methyl sites for hydroxylation is 1. The first-order valence-corrected chi connectivity index (χ1v) is 8.50. The maximum atomic E-state index is 5.18. The molecule has 4 rings (SSSR count). The van der Waals surface area contributed by atoms with Gasteiger partial charge in [0.25, 0.3) is 0 Å².